The maximum absolute atomic E-state index is 11.1. The maximum atomic E-state index is 11.1. The lowest BCUT2D eigenvalue weighted by molar-refractivity contribution is 0.0537. The Kier molecular flexibility index (Phi) is 11.6. The van der Waals surface area contributed by atoms with Crippen LogP contribution in [0.5, 0.6) is 0 Å². The van der Waals surface area contributed by atoms with Gasteiger partial charge in [0.1, 0.15) is 6.61 Å². The molecule has 0 atom stereocenters. The van der Waals surface area contributed by atoms with E-state index in [0.717, 1.165) is 12.8 Å². The van der Waals surface area contributed by atoms with Gasteiger partial charge in [-0.15, -0.1) is 0 Å². The largest absolute Gasteiger partial charge is 0.447 e. The molecular weight excluding hydrogens is 210 g/mol. The molecule has 0 aliphatic rings. The Labute approximate surface area is 97.1 Å². The number of aliphatic hydroxyl groups is 1. The molecule has 0 spiro atoms. The van der Waals surface area contributed by atoms with Crippen LogP contribution in [-0.4, -0.2) is 44.2 Å². The summed E-state index contributed by atoms with van der Waals surface area (Å²) in [7, 11) is 0. The summed E-state index contributed by atoms with van der Waals surface area (Å²) in [4.78, 5) is 11.1. The molecule has 0 unspecified atom stereocenters. The number of unbranched alkanes of at least 4 members (excludes halogenated alkanes) is 3. The van der Waals surface area contributed by atoms with Gasteiger partial charge in [-0.05, 0) is 6.42 Å². The van der Waals surface area contributed by atoms with Gasteiger partial charge in [0.15, 0.2) is 0 Å². The molecule has 0 saturated heterocycles. The van der Waals surface area contributed by atoms with Crippen molar-refractivity contribution in [2.75, 3.05) is 33.0 Å². The summed E-state index contributed by atoms with van der Waals surface area (Å²) >= 11 is 0. The molecule has 0 saturated carbocycles. The predicted octanol–water partition coefficient (Wildman–Crippen LogP) is 1.30. The third-order valence-corrected chi connectivity index (χ3v) is 2.00. The number of rotatable bonds is 10. The van der Waals surface area contributed by atoms with Crippen molar-refractivity contribution in [3.05, 3.63) is 0 Å². The molecule has 1 amide bonds. The van der Waals surface area contributed by atoms with Crippen LogP contribution in [0.3, 0.4) is 0 Å². The Morgan fingerprint density at radius 2 is 2.00 bits per heavy atom. The first kappa shape index (κ1) is 15.2. The van der Waals surface area contributed by atoms with E-state index in [9.17, 15) is 4.79 Å². The SMILES string of the molecule is CCCCCCNC(=O)OCCOCCO. The van der Waals surface area contributed by atoms with Crippen LogP contribution < -0.4 is 5.32 Å². The van der Waals surface area contributed by atoms with Gasteiger partial charge in [-0.1, -0.05) is 26.2 Å². The normalized spacial score (nSPS) is 10.1. The molecule has 0 aromatic carbocycles. The molecule has 16 heavy (non-hydrogen) atoms. The minimum absolute atomic E-state index is 0.0103. The molecule has 0 bridgehead atoms. The molecule has 0 aromatic rings. The highest BCUT2D eigenvalue weighted by Gasteiger charge is 1.99. The van der Waals surface area contributed by atoms with Crippen molar-refractivity contribution in [3.8, 4) is 0 Å². The summed E-state index contributed by atoms with van der Waals surface area (Å²) in [6, 6.07) is 0. The number of ether oxygens (including phenoxy) is 2. The number of hydrogen-bond acceptors (Lipinski definition) is 4. The molecule has 2 N–H and O–H groups in total. The van der Waals surface area contributed by atoms with E-state index >= 15 is 0 Å². The van der Waals surface area contributed by atoms with Gasteiger partial charge in [0.05, 0.1) is 19.8 Å². The fourth-order valence-electron chi connectivity index (χ4n) is 1.15. The van der Waals surface area contributed by atoms with Gasteiger partial charge in [-0.3, -0.25) is 0 Å². The average molecular weight is 233 g/mol. The number of nitrogens with one attached hydrogen (secondary N) is 1. The van der Waals surface area contributed by atoms with Crippen LogP contribution in [0.2, 0.25) is 0 Å². The fraction of sp³-hybridized carbons (Fsp3) is 0.909. The lowest BCUT2D eigenvalue weighted by atomic mass is 10.2. The Morgan fingerprint density at radius 3 is 2.69 bits per heavy atom. The lowest BCUT2D eigenvalue weighted by Gasteiger charge is -2.06. The maximum Gasteiger partial charge on any atom is 0.407 e. The summed E-state index contributed by atoms with van der Waals surface area (Å²) in [5, 5.41) is 11.1. The van der Waals surface area contributed by atoms with Gasteiger partial charge in [0.2, 0.25) is 0 Å². The van der Waals surface area contributed by atoms with Crippen molar-refractivity contribution in [3.63, 3.8) is 0 Å². The van der Waals surface area contributed by atoms with Crippen molar-refractivity contribution >= 4 is 6.09 Å². The van der Waals surface area contributed by atoms with E-state index in [1.807, 2.05) is 0 Å². The zero-order valence-corrected chi connectivity index (χ0v) is 10.0. The van der Waals surface area contributed by atoms with Crippen LogP contribution in [0.1, 0.15) is 32.6 Å². The molecule has 0 aliphatic heterocycles. The first-order chi connectivity index (χ1) is 7.81. The lowest BCUT2D eigenvalue weighted by Crippen LogP contribution is -2.26. The zero-order chi connectivity index (χ0) is 12.1. The van der Waals surface area contributed by atoms with Crippen LogP contribution in [-0.2, 0) is 9.47 Å². The fourth-order valence-corrected chi connectivity index (χ4v) is 1.15. The highest BCUT2D eigenvalue weighted by molar-refractivity contribution is 5.66. The van der Waals surface area contributed by atoms with E-state index in [-0.39, 0.29) is 19.8 Å². The molecule has 0 heterocycles. The summed E-state index contributed by atoms with van der Waals surface area (Å²) < 4.78 is 9.77. The number of alkyl carbamates (subject to hydrolysis) is 1. The van der Waals surface area contributed by atoms with Crippen LogP contribution in [0.25, 0.3) is 0 Å². The summed E-state index contributed by atoms with van der Waals surface area (Å²) in [6.45, 7) is 3.63. The van der Waals surface area contributed by atoms with Crippen molar-refractivity contribution in [1.29, 1.82) is 0 Å². The number of carbonyl (C=O) groups excluding carboxylic acids is 1. The minimum Gasteiger partial charge on any atom is -0.447 e. The quantitative estimate of drug-likeness (QED) is 0.558. The van der Waals surface area contributed by atoms with E-state index in [1.165, 1.54) is 12.8 Å². The van der Waals surface area contributed by atoms with E-state index in [1.54, 1.807) is 0 Å². The monoisotopic (exact) mass is 233 g/mol. The van der Waals surface area contributed by atoms with E-state index in [2.05, 4.69) is 12.2 Å². The van der Waals surface area contributed by atoms with Crippen LogP contribution in [0.15, 0.2) is 0 Å². The van der Waals surface area contributed by atoms with Crippen molar-refractivity contribution < 1.29 is 19.4 Å². The topological polar surface area (TPSA) is 67.8 Å². The second kappa shape index (κ2) is 12.3. The summed E-state index contributed by atoms with van der Waals surface area (Å²) in [5.74, 6) is 0. The number of carbonyl (C=O) groups is 1. The van der Waals surface area contributed by atoms with Crippen LogP contribution in [0.4, 0.5) is 4.79 Å². The molecule has 0 aromatic heterocycles. The second-order valence-corrected chi connectivity index (χ2v) is 3.46. The Hall–Kier alpha value is -0.810. The molecule has 5 heteroatoms. The third-order valence-electron chi connectivity index (χ3n) is 2.00. The Bertz CT molecular complexity index is 148. The molecule has 0 rings (SSSR count). The highest BCUT2D eigenvalue weighted by atomic mass is 16.6. The number of aliphatic hydroxyl groups excluding tert-OH is 1. The van der Waals surface area contributed by atoms with Crippen molar-refractivity contribution in [2.24, 2.45) is 0 Å². The van der Waals surface area contributed by atoms with Crippen molar-refractivity contribution in [2.45, 2.75) is 32.6 Å². The highest BCUT2D eigenvalue weighted by Crippen LogP contribution is 1.96. The standard InChI is InChI=1S/C11H23NO4/c1-2-3-4-5-6-12-11(14)16-10-9-15-8-7-13/h13H,2-10H2,1H3,(H,12,14). The summed E-state index contributed by atoms with van der Waals surface area (Å²) in [6.07, 6.45) is 4.11. The predicted molar refractivity (Wildman–Crippen MR) is 61.4 cm³/mol. The number of hydrogen-bond donors (Lipinski definition) is 2. The first-order valence-electron chi connectivity index (χ1n) is 5.90. The van der Waals surface area contributed by atoms with Crippen molar-refractivity contribution in [1.82, 2.24) is 5.32 Å². The average Bonchev–Trinajstić information content (AvgIpc) is 2.28. The molecule has 0 fully saturated rings. The van der Waals surface area contributed by atoms with Gasteiger partial charge in [0.25, 0.3) is 0 Å². The number of amides is 1. The molecule has 96 valence electrons. The molecule has 0 aliphatic carbocycles. The second-order valence-electron chi connectivity index (χ2n) is 3.46. The summed E-state index contributed by atoms with van der Waals surface area (Å²) in [5.41, 5.74) is 0. The smallest absolute Gasteiger partial charge is 0.407 e. The van der Waals surface area contributed by atoms with Gasteiger partial charge in [0, 0.05) is 6.54 Å². The van der Waals surface area contributed by atoms with Crippen LogP contribution in [0, 0.1) is 0 Å². The Balaban J connectivity index is 3.12. The zero-order valence-electron chi connectivity index (χ0n) is 10.0. The van der Waals surface area contributed by atoms with E-state index in [4.69, 9.17) is 14.6 Å². The third kappa shape index (κ3) is 11.3. The van der Waals surface area contributed by atoms with Gasteiger partial charge in [-0.2, -0.15) is 0 Å². The first-order valence-corrected chi connectivity index (χ1v) is 5.90. The molecule has 5 nitrogen and oxygen atoms in total. The van der Waals surface area contributed by atoms with E-state index in [0.29, 0.717) is 13.2 Å². The Morgan fingerprint density at radius 1 is 1.19 bits per heavy atom. The van der Waals surface area contributed by atoms with E-state index < -0.39 is 6.09 Å². The van der Waals surface area contributed by atoms with Gasteiger partial charge in [-0.25, -0.2) is 4.79 Å². The van der Waals surface area contributed by atoms with Gasteiger partial charge >= 0.3 is 6.09 Å². The minimum atomic E-state index is -0.399. The molecular formula is C11H23NO4. The molecule has 0 radical (unpaired) electrons. The van der Waals surface area contributed by atoms with Crippen LogP contribution >= 0.6 is 0 Å². The van der Waals surface area contributed by atoms with Gasteiger partial charge < -0.3 is 19.9 Å².